The molecule has 11 heteroatoms. The van der Waals surface area contributed by atoms with Crippen LogP contribution >= 0.6 is 46.0 Å². The number of anilines is 1. The van der Waals surface area contributed by atoms with Crippen molar-refractivity contribution in [3.8, 4) is 0 Å². The summed E-state index contributed by atoms with van der Waals surface area (Å²) in [5, 5.41) is 22.1. The second kappa shape index (κ2) is 9.90. The van der Waals surface area contributed by atoms with Crippen molar-refractivity contribution >= 4 is 68.6 Å². The van der Waals surface area contributed by atoms with E-state index in [1.165, 1.54) is 63.6 Å². The first-order valence-electron chi connectivity index (χ1n) is 10.2. The van der Waals surface area contributed by atoms with Crippen molar-refractivity contribution < 1.29 is 19.1 Å². The topological polar surface area (TPSA) is 83.4 Å². The maximum absolute atomic E-state index is 13.4. The normalized spacial score (nSPS) is 17.3. The molecule has 1 aliphatic rings. The number of aromatic nitrogens is 2. The molecule has 1 atom stereocenters. The lowest BCUT2D eigenvalue weighted by atomic mass is 10.00. The summed E-state index contributed by atoms with van der Waals surface area (Å²) in [4.78, 5) is 28.2. The van der Waals surface area contributed by atoms with Gasteiger partial charge in [-0.3, -0.25) is 14.5 Å². The molecule has 176 valence electrons. The minimum atomic E-state index is -0.880. The largest absolute Gasteiger partial charge is 0.507 e. The number of aliphatic hydroxyl groups excluding tert-OH is 1. The molecule has 6 nitrogen and oxygen atoms in total. The third-order valence-corrected chi connectivity index (χ3v) is 8.68. The number of thiophene rings is 1. The first kappa shape index (κ1) is 23.7. The molecule has 3 heterocycles. The van der Waals surface area contributed by atoms with E-state index in [0.717, 1.165) is 5.56 Å². The Bertz CT molecular complexity index is 1440. The summed E-state index contributed by atoms with van der Waals surface area (Å²) in [6.45, 7) is 0. The number of ketones is 1. The molecule has 0 saturated carbocycles. The lowest BCUT2D eigenvalue weighted by molar-refractivity contribution is -0.132. The molecule has 0 bridgehead atoms. The van der Waals surface area contributed by atoms with Gasteiger partial charge in [-0.2, -0.15) is 0 Å². The zero-order valence-corrected chi connectivity index (χ0v) is 20.9. The summed E-state index contributed by atoms with van der Waals surface area (Å²) in [6, 6.07) is 15.2. The molecule has 4 aromatic rings. The predicted octanol–water partition coefficient (Wildman–Crippen LogP) is 6.31. The van der Waals surface area contributed by atoms with Gasteiger partial charge in [-0.25, -0.2) is 4.39 Å². The maximum atomic E-state index is 13.4. The van der Waals surface area contributed by atoms with Crippen LogP contribution in [0.1, 0.15) is 22.0 Å². The van der Waals surface area contributed by atoms with E-state index in [1.54, 1.807) is 12.1 Å². The molecule has 1 saturated heterocycles. The minimum Gasteiger partial charge on any atom is -0.507 e. The smallest absolute Gasteiger partial charge is 0.301 e. The quantitative estimate of drug-likeness (QED) is 0.101. The highest BCUT2D eigenvalue weighted by Crippen LogP contribution is 2.45. The van der Waals surface area contributed by atoms with Gasteiger partial charge in [0.25, 0.3) is 5.78 Å². The van der Waals surface area contributed by atoms with Crippen molar-refractivity contribution in [3.05, 3.63) is 98.5 Å². The van der Waals surface area contributed by atoms with Crippen molar-refractivity contribution in [1.82, 2.24) is 10.2 Å². The van der Waals surface area contributed by atoms with Crippen molar-refractivity contribution in [1.29, 1.82) is 0 Å². The van der Waals surface area contributed by atoms with Gasteiger partial charge in [0.1, 0.15) is 17.6 Å². The molecule has 35 heavy (non-hydrogen) atoms. The second-order valence-electron chi connectivity index (χ2n) is 7.42. The van der Waals surface area contributed by atoms with E-state index in [2.05, 4.69) is 10.2 Å². The van der Waals surface area contributed by atoms with Crippen LogP contribution in [0.2, 0.25) is 5.02 Å². The van der Waals surface area contributed by atoms with E-state index >= 15 is 0 Å². The molecule has 1 fully saturated rings. The lowest BCUT2D eigenvalue weighted by Crippen LogP contribution is -2.29. The van der Waals surface area contributed by atoms with Gasteiger partial charge in [0.2, 0.25) is 5.13 Å². The van der Waals surface area contributed by atoms with Gasteiger partial charge in [0.05, 0.1) is 5.57 Å². The number of halogens is 2. The Balaban J connectivity index is 1.51. The summed E-state index contributed by atoms with van der Waals surface area (Å²) in [5.74, 6) is -1.95. The minimum absolute atomic E-state index is 0.0791. The van der Waals surface area contributed by atoms with E-state index in [9.17, 15) is 19.1 Å². The predicted molar refractivity (Wildman–Crippen MR) is 136 cm³/mol. The summed E-state index contributed by atoms with van der Waals surface area (Å²) >= 11 is 10.2. The number of carbonyl (C=O) groups is 2. The fourth-order valence-electron chi connectivity index (χ4n) is 3.62. The van der Waals surface area contributed by atoms with Crippen LogP contribution in [-0.4, -0.2) is 27.0 Å². The van der Waals surface area contributed by atoms with E-state index in [0.29, 0.717) is 20.0 Å². The fraction of sp³-hybridized carbons (Fsp3) is 0.0833. The number of nitrogens with zero attached hydrogens (tertiary/aromatic N) is 3. The van der Waals surface area contributed by atoms with Gasteiger partial charge in [0.15, 0.2) is 4.34 Å². The number of amides is 1. The number of thioether (sulfide) groups is 1. The van der Waals surface area contributed by atoms with Gasteiger partial charge >= 0.3 is 5.91 Å². The van der Waals surface area contributed by atoms with Gasteiger partial charge in [-0.05, 0) is 47.3 Å². The number of benzene rings is 2. The molecule has 2 aromatic heterocycles. The van der Waals surface area contributed by atoms with Crippen molar-refractivity contribution in [2.45, 2.75) is 16.1 Å². The molecule has 1 N–H and O–H groups in total. The molecule has 5 rings (SSSR count). The lowest BCUT2D eigenvalue weighted by Gasteiger charge is -2.20. The Hall–Kier alpha value is -3.05. The highest BCUT2D eigenvalue weighted by molar-refractivity contribution is 8.00. The Kier molecular flexibility index (Phi) is 6.70. The first-order chi connectivity index (χ1) is 16.9. The highest BCUT2D eigenvalue weighted by Gasteiger charge is 2.48. The van der Waals surface area contributed by atoms with Gasteiger partial charge in [-0.15, -0.1) is 21.5 Å². The summed E-state index contributed by atoms with van der Waals surface area (Å²) < 4.78 is 14.0. The van der Waals surface area contributed by atoms with Crippen molar-refractivity contribution in [3.63, 3.8) is 0 Å². The van der Waals surface area contributed by atoms with Crippen LogP contribution in [0.4, 0.5) is 9.52 Å². The molecule has 2 aromatic carbocycles. The summed E-state index contributed by atoms with van der Waals surface area (Å²) in [6.07, 6.45) is 0. The standard InChI is InChI=1S/C24H15ClFN3O3S3/c25-16-5-2-1-4-14(16)12-34-24-28-27-23(35-24)29-19(17-6-3-11-33-17)18(21(31)22(29)32)20(30)13-7-9-15(26)10-8-13/h1-11,19,30H,12H2/b20-18-. The number of hydrogen-bond donors (Lipinski definition) is 1. The molecule has 0 radical (unpaired) electrons. The zero-order chi connectivity index (χ0) is 24.5. The molecule has 1 amide bonds. The van der Waals surface area contributed by atoms with E-state index in [4.69, 9.17) is 11.6 Å². The molecule has 1 aliphatic heterocycles. The summed E-state index contributed by atoms with van der Waals surface area (Å²) in [5.41, 5.74) is 1.10. The summed E-state index contributed by atoms with van der Waals surface area (Å²) in [7, 11) is 0. The molecule has 1 unspecified atom stereocenters. The van der Waals surface area contributed by atoms with Crippen LogP contribution < -0.4 is 4.90 Å². The monoisotopic (exact) mass is 543 g/mol. The van der Waals surface area contributed by atoms with E-state index < -0.39 is 23.5 Å². The number of hydrogen-bond acceptors (Lipinski definition) is 8. The second-order valence-corrected chi connectivity index (χ2v) is 11.0. The SMILES string of the molecule is O=C1C(=O)N(c2nnc(SCc3ccccc3Cl)s2)C(c2cccs2)/C1=C(/O)c1ccc(F)cc1. The number of rotatable bonds is 6. The third-order valence-electron chi connectivity index (χ3n) is 5.29. The Morgan fingerprint density at radius 1 is 1.09 bits per heavy atom. The maximum Gasteiger partial charge on any atom is 0.301 e. The van der Waals surface area contributed by atoms with Crippen LogP contribution in [0.3, 0.4) is 0 Å². The van der Waals surface area contributed by atoms with Gasteiger partial charge in [0, 0.05) is 21.2 Å². The average Bonchev–Trinajstić information content (AvgIpc) is 3.60. The van der Waals surface area contributed by atoms with Crippen LogP contribution in [0, 0.1) is 5.82 Å². The Morgan fingerprint density at radius 2 is 1.86 bits per heavy atom. The van der Waals surface area contributed by atoms with Crippen molar-refractivity contribution in [2.24, 2.45) is 0 Å². The van der Waals surface area contributed by atoms with Crippen molar-refractivity contribution in [2.75, 3.05) is 4.90 Å². The van der Waals surface area contributed by atoms with Crippen LogP contribution in [0.15, 0.2) is 76.0 Å². The van der Waals surface area contributed by atoms with Gasteiger partial charge < -0.3 is 5.11 Å². The van der Waals surface area contributed by atoms with Crippen LogP contribution in [0.5, 0.6) is 0 Å². The molecular formula is C24H15ClFN3O3S3. The Labute approximate surface area is 216 Å². The van der Waals surface area contributed by atoms with Crippen LogP contribution in [-0.2, 0) is 15.3 Å². The first-order valence-corrected chi connectivity index (χ1v) is 13.3. The third kappa shape index (κ3) is 4.62. The highest BCUT2D eigenvalue weighted by atomic mass is 35.5. The fourth-order valence-corrected chi connectivity index (χ4v) is 6.60. The zero-order valence-electron chi connectivity index (χ0n) is 17.7. The molecule has 0 aliphatic carbocycles. The van der Waals surface area contributed by atoms with Gasteiger partial charge in [-0.1, -0.05) is 59.0 Å². The Morgan fingerprint density at radius 3 is 2.57 bits per heavy atom. The number of carbonyl (C=O) groups excluding carboxylic acids is 2. The number of aliphatic hydroxyl groups is 1. The van der Waals surface area contributed by atoms with Crippen LogP contribution in [0.25, 0.3) is 5.76 Å². The molecule has 0 spiro atoms. The number of Topliss-reactive ketones (excluding diaryl/α,β-unsaturated/α-hetero) is 1. The van der Waals surface area contributed by atoms with E-state index in [-0.39, 0.29) is 22.0 Å². The molecular weight excluding hydrogens is 529 g/mol. The average molecular weight is 544 g/mol. The van der Waals surface area contributed by atoms with E-state index in [1.807, 2.05) is 29.6 Å².